The molecule has 0 aliphatic carbocycles. The van der Waals surface area contributed by atoms with Gasteiger partial charge in [-0.05, 0) is 5.41 Å². The Kier molecular flexibility index (Phi) is 3.19. The van der Waals surface area contributed by atoms with Crippen LogP contribution in [0.15, 0.2) is 0 Å². The molecule has 1 aliphatic heterocycles. The Hall–Kier alpha value is -0.280. The van der Waals surface area contributed by atoms with Crippen LogP contribution in [0.25, 0.3) is 0 Å². The van der Waals surface area contributed by atoms with Gasteiger partial charge in [-0.15, -0.1) is 11.6 Å². The lowest BCUT2D eigenvalue weighted by Gasteiger charge is -2.23. The third-order valence-electron chi connectivity index (χ3n) is 2.83. The van der Waals surface area contributed by atoms with Gasteiger partial charge in [-0.3, -0.25) is 4.79 Å². The highest BCUT2D eigenvalue weighted by Crippen LogP contribution is 2.34. The van der Waals surface area contributed by atoms with Crippen LogP contribution in [0.2, 0.25) is 0 Å². The standard InChI is InChI=1S/C9H16ClNO2/c1-9(2)6-11(8(13)3-10)4-7(9)5-12/h7,12H,3-6H2,1-2H3. The van der Waals surface area contributed by atoms with E-state index in [9.17, 15) is 4.79 Å². The molecule has 0 aromatic carbocycles. The molecule has 0 aromatic heterocycles. The molecule has 1 saturated heterocycles. The first-order chi connectivity index (χ1) is 6.01. The molecule has 76 valence electrons. The summed E-state index contributed by atoms with van der Waals surface area (Å²) in [6.45, 7) is 5.60. The van der Waals surface area contributed by atoms with E-state index in [0.29, 0.717) is 13.1 Å². The summed E-state index contributed by atoms with van der Waals surface area (Å²) >= 11 is 5.46. The number of hydrogen-bond acceptors (Lipinski definition) is 2. The monoisotopic (exact) mass is 205 g/mol. The summed E-state index contributed by atoms with van der Waals surface area (Å²) < 4.78 is 0. The van der Waals surface area contributed by atoms with Crippen LogP contribution in [0.5, 0.6) is 0 Å². The summed E-state index contributed by atoms with van der Waals surface area (Å²) in [5, 5.41) is 9.10. The molecule has 1 rings (SSSR count). The third kappa shape index (κ3) is 2.15. The first-order valence-corrected chi connectivity index (χ1v) is 4.99. The van der Waals surface area contributed by atoms with Gasteiger partial charge in [0.25, 0.3) is 0 Å². The summed E-state index contributed by atoms with van der Waals surface area (Å²) in [7, 11) is 0. The average molecular weight is 206 g/mol. The molecule has 1 heterocycles. The molecule has 1 fully saturated rings. The van der Waals surface area contributed by atoms with Crippen LogP contribution in [0.3, 0.4) is 0 Å². The third-order valence-corrected chi connectivity index (χ3v) is 3.06. The summed E-state index contributed by atoms with van der Waals surface area (Å²) in [5.41, 5.74) is 0.0104. The van der Waals surface area contributed by atoms with E-state index >= 15 is 0 Å². The fourth-order valence-electron chi connectivity index (χ4n) is 1.78. The van der Waals surface area contributed by atoms with Gasteiger partial charge in [0.1, 0.15) is 5.88 Å². The molecule has 0 saturated carbocycles. The molecule has 3 nitrogen and oxygen atoms in total. The maximum Gasteiger partial charge on any atom is 0.237 e. The minimum absolute atomic E-state index is 0.0104. The molecule has 1 atom stereocenters. The zero-order chi connectivity index (χ0) is 10.1. The van der Waals surface area contributed by atoms with Gasteiger partial charge in [-0.1, -0.05) is 13.8 Å². The number of hydrogen-bond donors (Lipinski definition) is 1. The Morgan fingerprint density at radius 2 is 2.31 bits per heavy atom. The highest BCUT2D eigenvalue weighted by molar-refractivity contribution is 6.27. The van der Waals surface area contributed by atoms with E-state index < -0.39 is 0 Å². The molecule has 0 spiro atoms. The molecule has 0 aromatic rings. The number of likely N-dealkylation sites (tertiary alicyclic amines) is 1. The van der Waals surface area contributed by atoms with Gasteiger partial charge < -0.3 is 10.0 Å². The predicted molar refractivity (Wildman–Crippen MR) is 51.7 cm³/mol. The molecular formula is C9H16ClNO2. The van der Waals surface area contributed by atoms with E-state index in [1.54, 1.807) is 4.90 Å². The van der Waals surface area contributed by atoms with Crippen LogP contribution in [-0.2, 0) is 4.79 Å². The van der Waals surface area contributed by atoms with Gasteiger partial charge in [-0.25, -0.2) is 0 Å². The van der Waals surface area contributed by atoms with Crippen molar-refractivity contribution < 1.29 is 9.90 Å². The Bertz CT molecular complexity index is 206. The molecule has 1 N–H and O–H groups in total. The number of alkyl halides is 1. The van der Waals surface area contributed by atoms with E-state index in [2.05, 4.69) is 13.8 Å². The minimum Gasteiger partial charge on any atom is -0.396 e. The number of aliphatic hydroxyl groups is 1. The Balaban J connectivity index is 2.64. The molecule has 13 heavy (non-hydrogen) atoms. The van der Waals surface area contributed by atoms with Gasteiger partial charge in [-0.2, -0.15) is 0 Å². The van der Waals surface area contributed by atoms with Gasteiger partial charge >= 0.3 is 0 Å². The summed E-state index contributed by atoms with van der Waals surface area (Å²) in [6, 6.07) is 0. The highest BCUT2D eigenvalue weighted by Gasteiger charge is 2.40. The van der Waals surface area contributed by atoms with Crippen molar-refractivity contribution in [1.82, 2.24) is 4.90 Å². The van der Waals surface area contributed by atoms with Crippen LogP contribution >= 0.6 is 11.6 Å². The Labute approximate surface area is 83.7 Å². The number of rotatable bonds is 2. The number of halogens is 1. The fraction of sp³-hybridized carbons (Fsp3) is 0.889. The van der Waals surface area contributed by atoms with Crippen molar-refractivity contribution in [2.45, 2.75) is 13.8 Å². The topological polar surface area (TPSA) is 40.5 Å². The smallest absolute Gasteiger partial charge is 0.237 e. The lowest BCUT2D eigenvalue weighted by Crippen LogP contribution is -2.30. The van der Waals surface area contributed by atoms with Crippen LogP contribution < -0.4 is 0 Å². The number of aliphatic hydroxyl groups excluding tert-OH is 1. The number of carbonyl (C=O) groups is 1. The zero-order valence-corrected chi connectivity index (χ0v) is 8.84. The first-order valence-electron chi connectivity index (χ1n) is 4.46. The predicted octanol–water partition coefficient (Wildman–Crippen LogP) is 0.702. The van der Waals surface area contributed by atoms with Crippen molar-refractivity contribution in [2.24, 2.45) is 11.3 Å². The molecule has 1 amide bonds. The largest absolute Gasteiger partial charge is 0.396 e. The lowest BCUT2D eigenvalue weighted by molar-refractivity contribution is -0.127. The van der Waals surface area contributed by atoms with Crippen molar-refractivity contribution in [3.63, 3.8) is 0 Å². The fourth-order valence-corrected chi connectivity index (χ4v) is 1.95. The van der Waals surface area contributed by atoms with Crippen molar-refractivity contribution in [3.05, 3.63) is 0 Å². The van der Waals surface area contributed by atoms with Crippen molar-refractivity contribution in [2.75, 3.05) is 25.6 Å². The quantitative estimate of drug-likeness (QED) is 0.675. The minimum atomic E-state index is -0.0364. The van der Waals surface area contributed by atoms with E-state index in [4.69, 9.17) is 16.7 Å². The molecule has 4 heteroatoms. The van der Waals surface area contributed by atoms with E-state index in [0.717, 1.165) is 0 Å². The Morgan fingerprint density at radius 3 is 2.69 bits per heavy atom. The lowest BCUT2D eigenvalue weighted by atomic mass is 9.83. The first kappa shape index (κ1) is 10.8. The molecule has 0 bridgehead atoms. The zero-order valence-electron chi connectivity index (χ0n) is 8.09. The maximum absolute atomic E-state index is 11.3. The maximum atomic E-state index is 11.3. The van der Waals surface area contributed by atoms with E-state index in [1.807, 2.05) is 0 Å². The van der Waals surface area contributed by atoms with Gasteiger partial charge in [0, 0.05) is 25.6 Å². The highest BCUT2D eigenvalue weighted by atomic mass is 35.5. The van der Waals surface area contributed by atoms with Gasteiger partial charge in [0.05, 0.1) is 0 Å². The SMILES string of the molecule is CC1(C)CN(C(=O)CCl)CC1CO. The summed E-state index contributed by atoms with van der Waals surface area (Å²) in [4.78, 5) is 13.0. The van der Waals surface area contributed by atoms with Gasteiger partial charge in [0.2, 0.25) is 5.91 Å². The van der Waals surface area contributed by atoms with Crippen LogP contribution in [0.4, 0.5) is 0 Å². The Morgan fingerprint density at radius 1 is 1.69 bits per heavy atom. The van der Waals surface area contributed by atoms with Crippen molar-refractivity contribution in [3.8, 4) is 0 Å². The summed E-state index contributed by atoms with van der Waals surface area (Å²) in [5.74, 6) is 0.180. The second-order valence-corrected chi connectivity index (χ2v) is 4.54. The molecule has 1 unspecified atom stereocenters. The molecule has 1 aliphatic rings. The van der Waals surface area contributed by atoms with Crippen molar-refractivity contribution in [1.29, 1.82) is 0 Å². The number of nitrogens with zero attached hydrogens (tertiary/aromatic N) is 1. The van der Waals surface area contributed by atoms with Crippen LogP contribution in [0, 0.1) is 11.3 Å². The van der Waals surface area contributed by atoms with Crippen LogP contribution in [-0.4, -0.2) is 41.5 Å². The van der Waals surface area contributed by atoms with Gasteiger partial charge in [0.15, 0.2) is 0 Å². The molecule has 0 radical (unpaired) electrons. The van der Waals surface area contributed by atoms with Crippen molar-refractivity contribution >= 4 is 17.5 Å². The second kappa shape index (κ2) is 3.84. The number of carbonyl (C=O) groups excluding carboxylic acids is 1. The second-order valence-electron chi connectivity index (χ2n) is 4.28. The summed E-state index contributed by atoms with van der Waals surface area (Å²) in [6.07, 6.45) is 0. The average Bonchev–Trinajstić information content (AvgIpc) is 2.39. The normalized spacial score (nSPS) is 26.5. The number of amides is 1. The van der Waals surface area contributed by atoms with Crippen LogP contribution in [0.1, 0.15) is 13.8 Å². The van der Waals surface area contributed by atoms with E-state index in [-0.39, 0.29) is 29.7 Å². The van der Waals surface area contributed by atoms with E-state index in [1.165, 1.54) is 0 Å². The molecular weight excluding hydrogens is 190 g/mol.